The Labute approximate surface area is 139 Å². The van der Waals surface area contributed by atoms with Gasteiger partial charge in [0.15, 0.2) is 0 Å². The summed E-state index contributed by atoms with van der Waals surface area (Å²) in [6, 6.07) is 5.50. The lowest BCUT2D eigenvalue weighted by Gasteiger charge is -2.32. The third-order valence-corrected chi connectivity index (χ3v) is 6.13. The number of likely N-dealkylation sites (tertiary alicyclic amines) is 1. The zero-order chi connectivity index (χ0) is 16.4. The van der Waals surface area contributed by atoms with Gasteiger partial charge < -0.3 is 10.0 Å². The van der Waals surface area contributed by atoms with E-state index in [1.165, 1.54) is 12.1 Å². The lowest BCUT2D eigenvalue weighted by atomic mass is 9.84. The number of hydrogen-bond acceptors (Lipinski definition) is 3. The molecule has 6 heteroatoms. The van der Waals surface area contributed by atoms with Crippen LogP contribution in [0.3, 0.4) is 0 Å². The summed E-state index contributed by atoms with van der Waals surface area (Å²) >= 11 is 1.54. The van der Waals surface area contributed by atoms with Gasteiger partial charge >= 0.3 is 5.97 Å². The molecule has 3 rings (SSSR count). The maximum Gasteiger partial charge on any atom is 0.327 e. The zero-order valence-corrected chi connectivity index (χ0v) is 13.6. The van der Waals surface area contributed by atoms with Gasteiger partial charge in [0, 0.05) is 23.5 Å². The van der Waals surface area contributed by atoms with Crippen LogP contribution in [0.5, 0.6) is 0 Å². The molecule has 4 nitrogen and oxygen atoms in total. The number of amides is 1. The number of hydrogen-bond donors (Lipinski definition) is 1. The third-order valence-electron chi connectivity index (χ3n) is 4.71. The predicted molar refractivity (Wildman–Crippen MR) is 86.6 cm³/mol. The average molecular weight is 337 g/mol. The molecule has 1 heterocycles. The van der Waals surface area contributed by atoms with Crippen molar-refractivity contribution in [3.05, 3.63) is 35.6 Å². The van der Waals surface area contributed by atoms with Crippen LogP contribution in [0.15, 0.2) is 24.3 Å². The first kappa shape index (κ1) is 16.3. The number of halogens is 1. The van der Waals surface area contributed by atoms with Crippen molar-refractivity contribution in [1.82, 2.24) is 4.90 Å². The summed E-state index contributed by atoms with van der Waals surface area (Å²) in [5, 5.41) is 9.44. The van der Waals surface area contributed by atoms with E-state index in [4.69, 9.17) is 0 Å². The van der Waals surface area contributed by atoms with Crippen LogP contribution in [-0.2, 0) is 15.3 Å². The molecule has 0 spiro atoms. The van der Waals surface area contributed by atoms with Gasteiger partial charge in [-0.05, 0) is 37.0 Å². The summed E-state index contributed by atoms with van der Waals surface area (Å²) in [5.74, 6) is -0.543. The molecule has 0 bridgehead atoms. The molecule has 1 aliphatic heterocycles. The normalized spacial score (nSPS) is 24.5. The first-order chi connectivity index (χ1) is 11.1. The minimum absolute atomic E-state index is 0.00790. The Morgan fingerprint density at radius 2 is 1.91 bits per heavy atom. The van der Waals surface area contributed by atoms with Crippen molar-refractivity contribution in [3.8, 4) is 0 Å². The van der Waals surface area contributed by atoms with E-state index in [1.54, 1.807) is 28.8 Å². The van der Waals surface area contributed by atoms with E-state index in [-0.39, 0.29) is 22.9 Å². The van der Waals surface area contributed by atoms with Crippen molar-refractivity contribution >= 4 is 23.6 Å². The molecule has 1 aromatic carbocycles. The Morgan fingerprint density at radius 1 is 1.22 bits per heavy atom. The quantitative estimate of drug-likeness (QED) is 0.897. The molecule has 2 atom stereocenters. The van der Waals surface area contributed by atoms with Crippen LogP contribution >= 0.6 is 11.8 Å². The maximum atomic E-state index is 12.9. The van der Waals surface area contributed by atoms with Gasteiger partial charge in [-0.15, -0.1) is 0 Å². The van der Waals surface area contributed by atoms with E-state index in [2.05, 4.69) is 0 Å². The highest BCUT2D eigenvalue weighted by molar-refractivity contribution is 7.99. The molecule has 1 aliphatic carbocycles. The van der Waals surface area contributed by atoms with Crippen LogP contribution in [0, 0.1) is 11.7 Å². The fraction of sp³-hybridized carbons (Fsp3) is 0.529. The molecule has 0 aromatic heterocycles. The Bertz CT molecular complexity index is 588. The maximum absolute atomic E-state index is 12.9. The molecule has 23 heavy (non-hydrogen) atoms. The second kappa shape index (κ2) is 6.91. The summed E-state index contributed by atoms with van der Waals surface area (Å²) in [6.45, 7) is 0.521. The number of carbonyl (C=O) groups is 2. The first-order valence-electron chi connectivity index (χ1n) is 7.95. The number of carboxylic acid groups (broad SMARTS) is 1. The Hall–Kier alpha value is -1.56. The smallest absolute Gasteiger partial charge is 0.327 e. The Balaban J connectivity index is 1.63. The predicted octanol–water partition coefficient (Wildman–Crippen LogP) is 2.91. The van der Waals surface area contributed by atoms with Crippen LogP contribution in [-0.4, -0.2) is 39.7 Å². The van der Waals surface area contributed by atoms with E-state index in [1.807, 2.05) is 0 Å². The van der Waals surface area contributed by atoms with E-state index in [9.17, 15) is 19.1 Å². The van der Waals surface area contributed by atoms with Gasteiger partial charge in [0.05, 0.1) is 0 Å². The van der Waals surface area contributed by atoms with Crippen LogP contribution in [0.2, 0.25) is 0 Å². The summed E-state index contributed by atoms with van der Waals surface area (Å²) in [5.41, 5.74) is 0.962. The molecule has 1 saturated heterocycles. The molecule has 1 saturated carbocycles. The van der Waals surface area contributed by atoms with Gasteiger partial charge in [-0.2, -0.15) is 11.8 Å². The highest BCUT2D eigenvalue weighted by Gasteiger charge is 2.44. The van der Waals surface area contributed by atoms with Gasteiger partial charge in [0.25, 0.3) is 0 Å². The molecular weight excluding hydrogens is 317 g/mol. The highest BCUT2D eigenvalue weighted by Crippen LogP contribution is 2.35. The van der Waals surface area contributed by atoms with Gasteiger partial charge in [-0.25, -0.2) is 9.18 Å². The lowest BCUT2D eigenvalue weighted by molar-refractivity contribution is -0.150. The minimum atomic E-state index is -0.924. The minimum Gasteiger partial charge on any atom is -0.480 e. The van der Waals surface area contributed by atoms with Crippen LogP contribution < -0.4 is 0 Å². The number of aliphatic carboxylic acids is 1. The van der Waals surface area contributed by atoms with Gasteiger partial charge in [0.2, 0.25) is 5.91 Å². The monoisotopic (exact) mass is 337 g/mol. The molecule has 1 N–H and O–H groups in total. The standard InChI is InChI=1S/C17H20FNO3S/c18-13-6-4-11(5-7-13)10-23-14-8-9-19(15(14)17(21)22)16(20)12-2-1-3-12/h4-7,12,14-15H,1-3,8-10H2,(H,21,22)/t14-,15-/m0/s1. The number of carboxylic acids is 1. The van der Waals surface area contributed by atoms with E-state index >= 15 is 0 Å². The van der Waals surface area contributed by atoms with Gasteiger partial charge in [0.1, 0.15) is 11.9 Å². The van der Waals surface area contributed by atoms with Crippen molar-refractivity contribution in [2.75, 3.05) is 6.54 Å². The lowest BCUT2D eigenvalue weighted by Crippen LogP contribution is -2.47. The van der Waals surface area contributed by atoms with Crippen molar-refractivity contribution in [2.24, 2.45) is 5.92 Å². The fourth-order valence-electron chi connectivity index (χ4n) is 3.15. The Kier molecular flexibility index (Phi) is 4.90. The zero-order valence-electron chi connectivity index (χ0n) is 12.8. The fourth-order valence-corrected chi connectivity index (χ4v) is 4.47. The van der Waals surface area contributed by atoms with E-state index < -0.39 is 12.0 Å². The number of thioether (sulfide) groups is 1. The SMILES string of the molecule is O=C(O)[C@@H]1[C@@H](SCc2ccc(F)cc2)CCN1C(=O)C1CCC1. The summed E-state index contributed by atoms with van der Waals surface area (Å²) < 4.78 is 12.9. The number of nitrogens with zero attached hydrogens (tertiary/aromatic N) is 1. The summed E-state index contributed by atoms with van der Waals surface area (Å²) in [4.78, 5) is 25.6. The molecule has 0 unspecified atom stereocenters. The number of benzene rings is 1. The van der Waals surface area contributed by atoms with Crippen molar-refractivity contribution in [2.45, 2.75) is 42.7 Å². The molecule has 124 valence electrons. The van der Waals surface area contributed by atoms with Crippen molar-refractivity contribution in [3.63, 3.8) is 0 Å². The van der Waals surface area contributed by atoms with Gasteiger partial charge in [-0.1, -0.05) is 18.6 Å². The molecule has 2 aliphatic rings. The average Bonchev–Trinajstić information content (AvgIpc) is 2.89. The summed E-state index contributed by atoms with van der Waals surface area (Å²) in [7, 11) is 0. The topological polar surface area (TPSA) is 57.6 Å². The van der Waals surface area contributed by atoms with Crippen LogP contribution in [0.25, 0.3) is 0 Å². The number of carbonyl (C=O) groups excluding carboxylic acids is 1. The third kappa shape index (κ3) is 3.52. The molecule has 1 aromatic rings. The van der Waals surface area contributed by atoms with Gasteiger partial charge in [-0.3, -0.25) is 4.79 Å². The van der Waals surface area contributed by atoms with E-state index in [0.717, 1.165) is 24.8 Å². The molecule has 2 fully saturated rings. The van der Waals surface area contributed by atoms with Crippen LogP contribution in [0.1, 0.15) is 31.2 Å². The molecular formula is C17H20FNO3S. The molecule has 0 radical (unpaired) electrons. The number of rotatable bonds is 5. The van der Waals surface area contributed by atoms with Crippen LogP contribution in [0.4, 0.5) is 4.39 Å². The van der Waals surface area contributed by atoms with Crippen molar-refractivity contribution < 1.29 is 19.1 Å². The second-order valence-corrected chi connectivity index (χ2v) is 7.43. The second-order valence-electron chi connectivity index (χ2n) is 6.21. The van der Waals surface area contributed by atoms with Crippen molar-refractivity contribution in [1.29, 1.82) is 0 Å². The summed E-state index contributed by atoms with van der Waals surface area (Å²) in [6.07, 6.45) is 3.52. The largest absolute Gasteiger partial charge is 0.480 e. The highest BCUT2D eigenvalue weighted by atomic mass is 32.2. The molecule has 1 amide bonds. The Morgan fingerprint density at radius 3 is 2.48 bits per heavy atom. The first-order valence-corrected chi connectivity index (χ1v) is 9.00. The van der Waals surface area contributed by atoms with E-state index in [0.29, 0.717) is 18.7 Å².